The monoisotopic (exact) mass is 215 g/mol. The molecule has 0 bridgehead atoms. The van der Waals surface area contributed by atoms with Gasteiger partial charge in [0.2, 0.25) is 0 Å². The van der Waals surface area contributed by atoms with Crippen LogP contribution >= 0.6 is 0 Å². The lowest BCUT2D eigenvalue weighted by molar-refractivity contribution is 0.0986. The molecule has 80 valence electrons. The molecule has 1 heterocycles. The minimum absolute atomic E-state index is 0.0152. The van der Waals surface area contributed by atoms with Gasteiger partial charge in [0.15, 0.2) is 5.71 Å². The number of hydrogen-bond donors (Lipinski definition) is 1. The van der Waals surface area contributed by atoms with E-state index in [2.05, 4.69) is 10.1 Å². The van der Waals surface area contributed by atoms with Crippen LogP contribution in [0.3, 0.4) is 0 Å². The van der Waals surface area contributed by atoms with Gasteiger partial charge in [-0.3, -0.25) is 9.36 Å². The Kier molecular flexibility index (Phi) is 2.77. The first-order chi connectivity index (χ1) is 7.83. The summed E-state index contributed by atoms with van der Waals surface area (Å²) in [5, 5.41) is 11.9. The van der Waals surface area contributed by atoms with Gasteiger partial charge in [0.1, 0.15) is 6.33 Å². The maximum Gasteiger partial charge on any atom is 0.285 e. The van der Waals surface area contributed by atoms with Crippen molar-refractivity contribution in [1.29, 1.82) is 0 Å². The summed E-state index contributed by atoms with van der Waals surface area (Å²) in [4.78, 5) is 15.6. The second-order valence-electron chi connectivity index (χ2n) is 3.09. The molecule has 0 fully saturated rings. The fourth-order valence-electron chi connectivity index (χ4n) is 1.32. The van der Waals surface area contributed by atoms with E-state index in [9.17, 15) is 4.79 Å². The zero-order chi connectivity index (χ0) is 11.4. The quantitative estimate of drug-likeness (QED) is 0.467. The van der Waals surface area contributed by atoms with Crippen molar-refractivity contribution in [3.63, 3.8) is 0 Å². The van der Waals surface area contributed by atoms with Crippen LogP contribution in [0.5, 0.6) is 0 Å². The normalized spacial score (nSPS) is 11.4. The molecule has 2 rings (SSSR count). The number of hydrogen-bond acceptors (Lipinski definition) is 4. The lowest BCUT2D eigenvalue weighted by Gasteiger charge is -2.03. The fourth-order valence-corrected chi connectivity index (χ4v) is 1.32. The second kappa shape index (κ2) is 4.39. The van der Waals surface area contributed by atoms with Crippen molar-refractivity contribution in [2.75, 3.05) is 0 Å². The number of carbonyl (C=O) groups is 1. The molecule has 5 nitrogen and oxygen atoms in total. The van der Waals surface area contributed by atoms with E-state index in [4.69, 9.17) is 5.21 Å². The van der Waals surface area contributed by atoms with Crippen LogP contribution in [-0.4, -0.2) is 26.4 Å². The molecule has 0 amide bonds. The van der Waals surface area contributed by atoms with Crippen molar-refractivity contribution in [3.05, 3.63) is 54.6 Å². The van der Waals surface area contributed by atoms with Crippen LogP contribution in [0, 0.1) is 0 Å². The average molecular weight is 215 g/mol. The molecule has 0 atom stereocenters. The summed E-state index contributed by atoms with van der Waals surface area (Å²) < 4.78 is 1.25. The molecule has 0 aliphatic rings. The average Bonchev–Trinajstić information content (AvgIpc) is 2.85. The number of rotatable bonds is 2. The van der Waals surface area contributed by atoms with Gasteiger partial charge in [0.25, 0.3) is 5.91 Å². The molecule has 1 aromatic heterocycles. The number of benzene rings is 1. The number of imidazole rings is 1. The Labute approximate surface area is 91.7 Å². The molecule has 0 spiro atoms. The van der Waals surface area contributed by atoms with Gasteiger partial charge in [0, 0.05) is 18.0 Å². The van der Waals surface area contributed by atoms with Crippen LogP contribution in [-0.2, 0) is 0 Å². The lowest BCUT2D eigenvalue weighted by atomic mass is 10.1. The van der Waals surface area contributed by atoms with E-state index in [1.807, 2.05) is 6.07 Å². The number of aromatic nitrogens is 2. The highest BCUT2D eigenvalue weighted by molar-refractivity contribution is 6.45. The molecular weight excluding hydrogens is 206 g/mol. The molecule has 5 heteroatoms. The molecule has 16 heavy (non-hydrogen) atoms. The molecule has 1 aromatic carbocycles. The van der Waals surface area contributed by atoms with Crippen molar-refractivity contribution in [2.45, 2.75) is 0 Å². The van der Waals surface area contributed by atoms with Gasteiger partial charge in [0.05, 0.1) is 0 Å². The number of oxime groups is 1. The highest BCUT2D eigenvalue weighted by atomic mass is 16.4. The Morgan fingerprint density at radius 2 is 2.06 bits per heavy atom. The predicted octanol–water partition coefficient (Wildman–Crippen LogP) is 1.40. The van der Waals surface area contributed by atoms with Crippen LogP contribution in [0.1, 0.15) is 10.4 Å². The third kappa shape index (κ3) is 1.83. The summed E-state index contributed by atoms with van der Waals surface area (Å²) in [6.07, 6.45) is 4.34. The SMILES string of the molecule is O=C(/C(=N/O)c1ccccc1)n1ccnc1. The third-order valence-corrected chi connectivity index (χ3v) is 2.09. The number of nitrogens with zero attached hydrogens (tertiary/aromatic N) is 3. The second-order valence-corrected chi connectivity index (χ2v) is 3.09. The Morgan fingerprint density at radius 3 is 2.62 bits per heavy atom. The van der Waals surface area contributed by atoms with Gasteiger partial charge in [-0.25, -0.2) is 4.98 Å². The molecular formula is C11H9N3O2. The van der Waals surface area contributed by atoms with Crippen molar-refractivity contribution in [3.8, 4) is 0 Å². The molecule has 0 unspecified atom stereocenters. The van der Waals surface area contributed by atoms with Crippen molar-refractivity contribution in [2.24, 2.45) is 5.16 Å². The first-order valence-corrected chi connectivity index (χ1v) is 4.63. The summed E-state index contributed by atoms with van der Waals surface area (Å²) in [6.45, 7) is 0. The summed E-state index contributed by atoms with van der Waals surface area (Å²) in [5.41, 5.74) is 0.544. The highest BCUT2D eigenvalue weighted by Gasteiger charge is 2.15. The van der Waals surface area contributed by atoms with Gasteiger partial charge in [-0.2, -0.15) is 0 Å². The van der Waals surface area contributed by atoms with Gasteiger partial charge >= 0.3 is 0 Å². The lowest BCUT2D eigenvalue weighted by Crippen LogP contribution is -2.21. The van der Waals surface area contributed by atoms with Crippen LogP contribution in [0.4, 0.5) is 0 Å². The fraction of sp³-hybridized carbons (Fsp3) is 0. The largest absolute Gasteiger partial charge is 0.410 e. The maximum absolute atomic E-state index is 11.9. The zero-order valence-corrected chi connectivity index (χ0v) is 8.32. The summed E-state index contributed by atoms with van der Waals surface area (Å²) >= 11 is 0. The smallest absolute Gasteiger partial charge is 0.285 e. The summed E-state index contributed by atoms with van der Waals surface area (Å²) in [6, 6.07) is 8.75. The first kappa shape index (κ1) is 10.1. The molecule has 1 N–H and O–H groups in total. The topological polar surface area (TPSA) is 67.5 Å². The van der Waals surface area contributed by atoms with Crippen molar-refractivity contribution < 1.29 is 10.0 Å². The first-order valence-electron chi connectivity index (χ1n) is 4.63. The maximum atomic E-state index is 11.9. The molecule has 0 aliphatic heterocycles. The Balaban J connectivity index is 2.36. The Morgan fingerprint density at radius 1 is 1.31 bits per heavy atom. The van der Waals surface area contributed by atoms with E-state index >= 15 is 0 Å². The third-order valence-electron chi connectivity index (χ3n) is 2.09. The van der Waals surface area contributed by atoms with E-state index in [0.29, 0.717) is 5.56 Å². The molecule has 0 radical (unpaired) electrons. The van der Waals surface area contributed by atoms with E-state index in [0.717, 1.165) is 0 Å². The Bertz CT molecular complexity index is 503. The minimum atomic E-state index is -0.425. The highest BCUT2D eigenvalue weighted by Crippen LogP contribution is 2.03. The standard InChI is InChI=1S/C11H9N3O2/c15-11(14-7-6-12-8-14)10(13-16)9-4-2-1-3-5-9/h1-8,16H/b13-10+. The van der Waals surface area contributed by atoms with E-state index in [1.165, 1.54) is 23.3 Å². The van der Waals surface area contributed by atoms with Crippen LogP contribution in [0.15, 0.2) is 54.2 Å². The molecule has 0 aliphatic carbocycles. The summed E-state index contributed by atoms with van der Waals surface area (Å²) in [7, 11) is 0. The van der Waals surface area contributed by atoms with Crippen molar-refractivity contribution in [1.82, 2.24) is 9.55 Å². The van der Waals surface area contributed by atoms with Gasteiger partial charge in [-0.15, -0.1) is 0 Å². The number of carbonyl (C=O) groups excluding carboxylic acids is 1. The van der Waals surface area contributed by atoms with Gasteiger partial charge < -0.3 is 5.21 Å². The van der Waals surface area contributed by atoms with Crippen LogP contribution in [0.2, 0.25) is 0 Å². The van der Waals surface area contributed by atoms with Gasteiger partial charge in [-0.1, -0.05) is 35.5 Å². The van der Waals surface area contributed by atoms with Crippen LogP contribution < -0.4 is 0 Å². The van der Waals surface area contributed by atoms with E-state index in [1.54, 1.807) is 24.3 Å². The minimum Gasteiger partial charge on any atom is -0.410 e. The van der Waals surface area contributed by atoms with Crippen molar-refractivity contribution >= 4 is 11.6 Å². The molecule has 0 saturated carbocycles. The van der Waals surface area contributed by atoms with Crippen LogP contribution in [0.25, 0.3) is 0 Å². The molecule has 2 aromatic rings. The van der Waals surface area contributed by atoms with E-state index in [-0.39, 0.29) is 5.71 Å². The molecule has 0 saturated heterocycles. The zero-order valence-electron chi connectivity index (χ0n) is 8.32. The van der Waals surface area contributed by atoms with Gasteiger partial charge in [-0.05, 0) is 0 Å². The van der Waals surface area contributed by atoms with E-state index < -0.39 is 5.91 Å². The Hall–Kier alpha value is -2.43. The predicted molar refractivity (Wildman–Crippen MR) is 57.6 cm³/mol. The summed E-state index contributed by atoms with van der Waals surface area (Å²) in [5.74, 6) is -0.425.